The third-order valence-corrected chi connectivity index (χ3v) is 15.0. The van der Waals surface area contributed by atoms with E-state index in [9.17, 15) is 19.0 Å². The number of unbranched alkanes of at least 4 members (excludes halogenated alkanes) is 40. The van der Waals surface area contributed by atoms with Gasteiger partial charge in [0.25, 0.3) is 0 Å². The van der Waals surface area contributed by atoms with Crippen molar-refractivity contribution in [3.8, 4) is 0 Å². The van der Waals surface area contributed by atoms with Gasteiger partial charge in [0.1, 0.15) is 19.3 Å². The van der Waals surface area contributed by atoms with Crippen LogP contribution in [0.3, 0.4) is 0 Å². The highest BCUT2D eigenvalue weighted by Crippen LogP contribution is 2.43. The summed E-state index contributed by atoms with van der Waals surface area (Å²) >= 11 is 0. The second-order valence-electron chi connectivity index (χ2n) is 22.2. The van der Waals surface area contributed by atoms with E-state index in [1.807, 2.05) is 33.3 Å². The standard InChI is InChI=1S/C60H119N2O7P/c1-7-10-13-16-19-22-25-27-28-29-30-31-32-33-34-35-38-40-43-46-49-52-59(63)61-57(56-68-70(65,66)67-55-54-62(4,5)6)58(51-48-45-42-39-37-26-23-20-17-14-11-8-2)69-60(64)53-50-47-44-41-36-24-21-18-15-12-9-3/h48,51,57-58H,7-47,49-50,52-56H2,1-6H3,(H-,61,63,65,66)/p+1/b51-48-. The lowest BCUT2D eigenvalue weighted by molar-refractivity contribution is -0.870. The quantitative estimate of drug-likeness (QED) is 0.0205. The number of phosphoric acid groups is 1. The SMILES string of the molecule is CCCCCCCCCCCC/C=C\C(OC(=O)CCCCCCCCCCCCC)C(COP(=O)(O)OCC[N+](C)(C)C)NC(=O)CCCCCCCCCCCCCCCCCCCCCCC. The Bertz CT molecular complexity index is 1210. The number of allylic oxidation sites excluding steroid dienone is 1. The van der Waals surface area contributed by atoms with Gasteiger partial charge in [-0.05, 0) is 31.8 Å². The van der Waals surface area contributed by atoms with Crippen LogP contribution in [0, 0.1) is 0 Å². The lowest BCUT2D eigenvalue weighted by Crippen LogP contribution is -2.47. The molecule has 70 heavy (non-hydrogen) atoms. The number of ether oxygens (including phenoxy) is 1. The highest BCUT2D eigenvalue weighted by molar-refractivity contribution is 7.47. The second-order valence-corrected chi connectivity index (χ2v) is 23.7. The number of rotatable bonds is 56. The number of likely N-dealkylation sites (N-methyl/N-ethyl adjacent to an activating group) is 1. The van der Waals surface area contributed by atoms with Crippen molar-refractivity contribution in [1.29, 1.82) is 0 Å². The minimum atomic E-state index is -4.43. The number of esters is 1. The summed E-state index contributed by atoms with van der Waals surface area (Å²) < 4.78 is 30.6. The highest BCUT2D eigenvalue weighted by Gasteiger charge is 2.30. The molecule has 0 aliphatic rings. The first kappa shape index (κ1) is 68.8. The van der Waals surface area contributed by atoms with E-state index in [-0.39, 0.29) is 25.1 Å². The van der Waals surface area contributed by atoms with Gasteiger partial charge in [0.2, 0.25) is 5.91 Å². The summed E-state index contributed by atoms with van der Waals surface area (Å²) in [5, 5.41) is 3.06. The van der Waals surface area contributed by atoms with Crippen LogP contribution in [0.2, 0.25) is 0 Å². The number of carbonyl (C=O) groups excluding carboxylic acids is 2. The van der Waals surface area contributed by atoms with E-state index in [0.29, 0.717) is 23.9 Å². The highest BCUT2D eigenvalue weighted by atomic mass is 31.2. The summed E-state index contributed by atoms with van der Waals surface area (Å²) in [6.45, 7) is 7.05. The Balaban J connectivity index is 5.13. The summed E-state index contributed by atoms with van der Waals surface area (Å²) in [6, 6.07) is -0.838. The monoisotopic (exact) mass is 1010 g/mol. The van der Waals surface area contributed by atoms with Crippen molar-refractivity contribution in [3.63, 3.8) is 0 Å². The van der Waals surface area contributed by atoms with E-state index in [1.165, 1.54) is 218 Å². The lowest BCUT2D eigenvalue weighted by Gasteiger charge is -2.27. The number of quaternary nitrogens is 1. The largest absolute Gasteiger partial charge is 0.472 e. The Morgan fingerprint density at radius 1 is 0.486 bits per heavy atom. The Kier molecular flexibility index (Phi) is 50.3. The normalized spacial score (nSPS) is 13.8. The van der Waals surface area contributed by atoms with Crippen LogP contribution in [-0.2, 0) is 27.9 Å². The molecule has 0 saturated carbocycles. The molecule has 0 aromatic carbocycles. The van der Waals surface area contributed by atoms with Crippen molar-refractivity contribution in [1.82, 2.24) is 5.32 Å². The molecule has 0 saturated heterocycles. The van der Waals surface area contributed by atoms with Crippen LogP contribution in [0.4, 0.5) is 0 Å². The molecule has 0 aromatic heterocycles. The molecule has 1 amide bonds. The topological polar surface area (TPSA) is 111 Å². The predicted molar refractivity (Wildman–Crippen MR) is 300 cm³/mol. The molecule has 0 rings (SSSR count). The van der Waals surface area contributed by atoms with Gasteiger partial charge >= 0.3 is 13.8 Å². The van der Waals surface area contributed by atoms with Gasteiger partial charge in [0.15, 0.2) is 0 Å². The molecule has 0 heterocycles. The maximum atomic E-state index is 13.5. The lowest BCUT2D eigenvalue weighted by atomic mass is 10.0. The summed E-state index contributed by atoms with van der Waals surface area (Å²) in [5.74, 6) is -0.487. The first-order valence-corrected chi connectivity index (χ1v) is 32.0. The molecule has 3 unspecified atom stereocenters. The van der Waals surface area contributed by atoms with Crippen LogP contribution in [-0.4, -0.2) is 74.3 Å². The molecular formula is C60H120N2O7P+. The Morgan fingerprint density at radius 3 is 1.17 bits per heavy atom. The fourth-order valence-electron chi connectivity index (χ4n) is 9.24. The van der Waals surface area contributed by atoms with E-state index < -0.39 is 20.0 Å². The number of nitrogens with zero attached hydrogens (tertiary/aromatic N) is 1. The fourth-order valence-corrected chi connectivity index (χ4v) is 9.97. The molecule has 0 aliphatic heterocycles. The Morgan fingerprint density at radius 2 is 0.814 bits per heavy atom. The Hall–Kier alpha value is -1.25. The van der Waals surface area contributed by atoms with E-state index in [2.05, 4.69) is 26.1 Å². The van der Waals surface area contributed by atoms with Crippen molar-refractivity contribution < 1.29 is 37.3 Å². The fraction of sp³-hybridized carbons (Fsp3) is 0.933. The van der Waals surface area contributed by atoms with Crippen molar-refractivity contribution >= 4 is 19.7 Å². The predicted octanol–water partition coefficient (Wildman–Crippen LogP) is 18.4. The molecule has 0 bridgehead atoms. The maximum Gasteiger partial charge on any atom is 0.472 e. The van der Waals surface area contributed by atoms with Gasteiger partial charge in [-0.1, -0.05) is 277 Å². The number of hydrogen-bond donors (Lipinski definition) is 2. The van der Waals surface area contributed by atoms with Gasteiger partial charge in [0, 0.05) is 12.8 Å². The molecule has 0 radical (unpaired) electrons. The zero-order valence-electron chi connectivity index (χ0n) is 47.5. The molecule has 416 valence electrons. The zero-order chi connectivity index (χ0) is 51.5. The second kappa shape index (κ2) is 51.2. The van der Waals surface area contributed by atoms with Gasteiger partial charge in [-0.3, -0.25) is 18.6 Å². The molecule has 0 aliphatic carbocycles. The van der Waals surface area contributed by atoms with Crippen molar-refractivity contribution in [2.45, 2.75) is 322 Å². The average Bonchev–Trinajstić information content (AvgIpc) is 3.32. The number of carbonyl (C=O) groups is 2. The van der Waals surface area contributed by atoms with E-state index in [4.69, 9.17) is 13.8 Å². The molecule has 9 nitrogen and oxygen atoms in total. The summed E-state index contributed by atoms with van der Waals surface area (Å²) in [5.41, 5.74) is 0. The number of nitrogens with one attached hydrogen (secondary N) is 1. The van der Waals surface area contributed by atoms with E-state index in [0.717, 1.165) is 57.8 Å². The Labute approximate surface area is 435 Å². The van der Waals surface area contributed by atoms with E-state index >= 15 is 0 Å². The molecular weight excluding hydrogens is 892 g/mol. The van der Waals surface area contributed by atoms with E-state index in [1.54, 1.807) is 0 Å². The minimum absolute atomic E-state index is 0.0455. The maximum absolute atomic E-state index is 13.5. The van der Waals surface area contributed by atoms with Crippen molar-refractivity contribution in [3.05, 3.63) is 12.2 Å². The smallest absolute Gasteiger partial charge is 0.456 e. The number of amides is 1. The summed E-state index contributed by atoms with van der Waals surface area (Å²) in [6.07, 6.45) is 57.8. The van der Waals surface area contributed by atoms with Gasteiger partial charge < -0.3 is 19.4 Å². The van der Waals surface area contributed by atoms with Gasteiger partial charge in [-0.15, -0.1) is 0 Å². The van der Waals surface area contributed by atoms with Crippen molar-refractivity contribution in [2.75, 3.05) is 40.9 Å². The third kappa shape index (κ3) is 51.6. The van der Waals surface area contributed by atoms with Crippen LogP contribution in [0.25, 0.3) is 0 Å². The third-order valence-electron chi connectivity index (χ3n) is 14.0. The van der Waals surface area contributed by atoms with Crippen LogP contribution in [0.15, 0.2) is 12.2 Å². The minimum Gasteiger partial charge on any atom is -0.456 e. The molecule has 2 N–H and O–H groups in total. The number of phosphoric ester groups is 1. The molecule has 0 fully saturated rings. The van der Waals surface area contributed by atoms with Gasteiger partial charge in [-0.2, -0.15) is 0 Å². The summed E-state index contributed by atoms with van der Waals surface area (Å²) in [4.78, 5) is 37.6. The van der Waals surface area contributed by atoms with Crippen LogP contribution >= 0.6 is 7.82 Å². The van der Waals surface area contributed by atoms with Crippen LogP contribution < -0.4 is 5.32 Å². The molecule has 0 aromatic rings. The number of hydrogen-bond acceptors (Lipinski definition) is 6. The van der Waals surface area contributed by atoms with Crippen molar-refractivity contribution in [2.24, 2.45) is 0 Å². The van der Waals surface area contributed by atoms with Gasteiger partial charge in [-0.25, -0.2) is 4.57 Å². The van der Waals surface area contributed by atoms with Crippen LogP contribution in [0.5, 0.6) is 0 Å². The van der Waals surface area contributed by atoms with Gasteiger partial charge in [0.05, 0.1) is 33.8 Å². The molecule has 3 atom stereocenters. The zero-order valence-corrected chi connectivity index (χ0v) is 48.4. The first-order chi connectivity index (χ1) is 33.9. The summed E-state index contributed by atoms with van der Waals surface area (Å²) in [7, 11) is 1.52. The van der Waals surface area contributed by atoms with Crippen LogP contribution in [0.1, 0.15) is 310 Å². The first-order valence-electron chi connectivity index (χ1n) is 30.5. The molecule has 10 heteroatoms. The molecule has 0 spiro atoms. The average molecular weight is 1010 g/mol.